The van der Waals surface area contributed by atoms with Crippen molar-refractivity contribution >= 4 is 46.5 Å². The molecule has 0 aliphatic carbocycles. The summed E-state index contributed by atoms with van der Waals surface area (Å²) in [6.07, 6.45) is 4.87. The van der Waals surface area contributed by atoms with Gasteiger partial charge in [-0.15, -0.1) is 17.9 Å². The van der Waals surface area contributed by atoms with Gasteiger partial charge in [-0.1, -0.05) is 29.3 Å². The second-order valence-electron chi connectivity index (χ2n) is 5.28. The summed E-state index contributed by atoms with van der Waals surface area (Å²) in [7, 11) is 3.05. The van der Waals surface area contributed by atoms with E-state index in [4.69, 9.17) is 32.7 Å². The van der Waals surface area contributed by atoms with E-state index in [1.165, 1.54) is 31.6 Å². The van der Waals surface area contributed by atoms with Gasteiger partial charge in [-0.3, -0.25) is 4.79 Å². The molecule has 0 aliphatic heterocycles. The molecule has 26 heavy (non-hydrogen) atoms. The Kier molecular flexibility index (Phi) is 7.57. The molecule has 1 aromatic heterocycles. The average Bonchev–Trinajstić information content (AvgIpc) is 3.03. The minimum absolute atomic E-state index is 0.139. The minimum Gasteiger partial charge on any atom is -0.493 e. The molecule has 7 heteroatoms. The Labute approximate surface area is 167 Å². The van der Waals surface area contributed by atoms with Crippen LogP contribution in [0.5, 0.6) is 11.5 Å². The third-order valence-electron chi connectivity index (χ3n) is 3.51. The molecule has 1 amide bonds. The first-order chi connectivity index (χ1) is 12.5. The van der Waals surface area contributed by atoms with Crippen LogP contribution in [0.1, 0.15) is 10.4 Å². The summed E-state index contributed by atoms with van der Waals surface area (Å²) >= 11 is 13.6. The van der Waals surface area contributed by atoms with Crippen molar-refractivity contribution in [2.75, 3.05) is 20.8 Å². The lowest BCUT2D eigenvalue weighted by atomic mass is 10.2. The highest BCUT2D eigenvalue weighted by Crippen LogP contribution is 2.36. The van der Waals surface area contributed by atoms with Crippen LogP contribution in [-0.2, 0) is 11.3 Å². The number of carbonyl (C=O) groups excluding carboxylic acids is 1. The molecular weight excluding hydrogens is 393 g/mol. The van der Waals surface area contributed by atoms with Gasteiger partial charge in [0.15, 0.2) is 11.5 Å². The molecule has 0 saturated carbocycles. The van der Waals surface area contributed by atoms with Crippen molar-refractivity contribution in [2.24, 2.45) is 0 Å². The second-order valence-corrected chi connectivity index (χ2v) is 7.49. The molecule has 0 radical (unpaired) electrons. The quantitative estimate of drug-likeness (QED) is 0.436. The van der Waals surface area contributed by atoms with Crippen LogP contribution in [0.2, 0.25) is 9.36 Å². The van der Waals surface area contributed by atoms with Crippen LogP contribution in [0, 0.1) is 0 Å². The van der Waals surface area contributed by atoms with Crippen molar-refractivity contribution in [1.29, 1.82) is 0 Å². The number of ether oxygens (including phenoxy) is 2. The molecule has 0 bridgehead atoms. The topological polar surface area (TPSA) is 38.8 Å². The largest absolute Gasteiger partial charge is 0.493 e. The van der Waals surface area contributed by atoms with E-state index < -0.39 is 0 Å². The molecule has 1 aromatic carbocycles. The Morgan fingerprint density at radius 3 is 2.62 bits per heavy atom. The number of halogens is 2. The molecule has 0 spiro atoms. The Morgan fingerprint density at radius 1 is 1.27 bits per heavy atom. The van der Waals surface area contributed by atoms with Crippen LogP contribution in [0.3, 0.4) is 0 Å². The number of benzene rings is 1. The summed E-state index contributed by atoms with van der Waals surface area (Å²) in [5.41, 5.74) is 0.735. The maximum absolute atomic E-state index is 12.6. The number of carbonyl (C=O) groups is 1. The molecule has 0 aliphatic rings. The van der Waals surface area contributed by atoms with E-state index in [-0.39, 0.29) is 5.91 Å². The SMILES string of the molecule is C=CCN(Cc1ccc(Cl)s1)C(=O)/C=C/c1cc(Cl)c(OC)c(OC)c1. The van der Waals surface area contributed by atoms with Crippen LogP contribution >= 0.6 is 34.5 Å². The Balaban J connectivity index is 2.17. The molecule has 4 nitrogen and oxygen atoms in total. The van der Waals surface area contributed by atoms with Crippen molar-refractivity contribution in [3.05, 3.63) is 62.8 Å². The normalized spacial score (nSPS) is 10.8. The Bertz CT molecular complexity index is 817. The van der Waals surface area contributed by atoms with Gasteiger partial charge in [-0.05, 0) is 35.9 Å². The van der Waals surface area contributed by atoms with Crippen molar-refractivity contribution in [3.63, 3.8) is 0 Å². The predicted molar refractivity (Wildman–Crippen MR) is 109 cm³/mol. The van der Waals surface area contributed by atoms with Crippen LogP contribution < -0.4 is 9.47 Å². The fourth-order valence-electron chi connectivity index (χ4n) is 2.32. The summed E-state index contributed by atoms with van der Waals surface area (Å²) in [6, 6.07) is 7.20. The van der Waals surface area contributed by atoms with E-state index in [0.717, 1.165) is 10.4 Å². The molecule has 1 heterocycles. The highest BCUT2D eigenvalue weighted by molar-refractivity contribution is 7.16. The van der Waals surface area contributed by atoms with Crippen molar-refractivity contribution in [3.8, 4) is 11.5 Å². The van der Waals surface area contributed by atoms with Crippen LogP contribution in [0.4, 0.5) is 0 Å². The van der Waals surface area contributed by atoms with Crippen molar-refractivity contribution < 1.29 is 14.3 Å². The first kappa shape index (κ1) is 20.4. The molecule has 0 fully saturated rings. The zero-order valence-electron chi connectivity index (χ0n) is 14.5. The summed E-state index contributed by atoms with van der Waals surface area (Å²) < 4.78 is 11.2. The summed E-state index contributed by atoms with van der Waals surface area (Å²) in [5, 5.41) is 0.412. The lowest BCUT2D eigenvalue weighted by Crippen LogP contribution is -2.28. The third-order valence-corrected chi connectivity index (χ3v) is 5.01. The molecule has 138 valence electrons. The van der Waals surface area contributed by atoms with Gasteiger partial charge in [0.05, 0.1) is 30.1 Å². The summed E-state index contributed by atoms with van der Waals surface area (Å²) in [4.78, 5) is 15.2. The molecule has 0 unspecified atom stereocenters. The van der Waals surface area contributed by atoms with Crippen LogP contribution in [0.15, 0.2) is 43.0 Å². The molecule has 0 saturated heterocycles. The second kappa shape index (κ2) is 9.67. The van der Waals surface area contributed by atoms with Gasteiger partial charge in [-0.2, -0.15) is 0 Å². The van der Waals surface area contributed by atoms with E-state index in [2.05, 4.69) is 6.58 Å². The first-order valence-electron chi connectivity index (χ1n) is 7.72. The maximum Gasteiger partial charge on any atom is 0.247 e. The molecule has 2 aromatic rings. The van der Waals surface area contributed by atoms with E-state index in [9.17, 15) is 4.79 Å². The van der Waals surface area contributed by atoms with Gasteiger partial charge in [0.1, 0.15) is 0 Å². The summed E-state index contributed by atoms with van der Waals surface area (Å²) in [6.45, 7) is 4.62. The number of amides is 1. The number of rotatable bonds is 8. The first-order valence-corrected chi connectivity index (χ1v) is 9.29. The third kappa shape index (κ3) is 5.27. The lowest BCUT2D eigenvalue weighted by Gasteiger charge is -2.18. The van der Waals surface area contributed by atoms with E-state index >= 15 is 0 Å². The molecule has 2 rings (SSSR count). The van der Waals surface area contributed by atoms with E-state index in [0.29, 0.717) is 33.9 Å². The fraction of sp³-hybridized carbons (Fsp3) is 0.211. The van der Waals surface area contributed by atoms with Gasteiger partial charge in [0, 0.05) is 17.5 Å². The maximum atomic E-state index is 12.6. The zero-order chi connectivity index (χ0) is 19.1. The average molecular weight is 412 g/mol. The number of hydrogen-bond acceptors (Lipinski definition) is 4. The zero-order valence-corrected chi connectivity index (χ0v) is 16.8. The Morgan fingerprint density at radius 2 is 2.04 bits per heavy atom. The predicted octanol–water partition coefficient (Wildman–Crippen LogP) is 5.30. The van der Waals surface area contributed by atoms with Crippen LogP contribution in [0.25, 0.3) is 6.08 Å². The van der Waals surface area contributed by atoms with Crippen LogP contribution in [-0.4, -0.2) is 31.6 Å². The molecule has 0 N–H and O–H groups in total. The van der Waals surface area contributed by atoms with Gasteiger partial charge in [0.25, 0.3) is 0 Å². The lowest BCUT2D eigenvalue weighted by molar-refractivity contribution is -0.126. The van der Waals surface area contributed by atoms with Crippen molar-refractivity contribution in [1.82, 2.24) is 4.90 Å². The number of hydrogen-bond donors (Lipinski definition) is 0. The van der Waals surface area contributed by atoms with E-state index in [1.54, 1.807) is 29.2 Å². The van der Waals surface area contributed by atoms with E-state index in [1.807, 2.05) is 12.1 Å². The number of thiophene rings is 1. The fourth-order valence-corrected chi connectivity index (χ4v) is 3.72. The molecule has 0 atom stereocenters. The highest BCUT2D eigenvalue weighted by Gasteiger charge is 2.13. The van der Waals surface area contributed by atoms with Gasteiger partial charge < -0.3 is 14.4 Å². The molecular formula is C19H19Cl2NO3S. The smallest absolute Gasteiger partial charge is 0.247 e. The van der Waals surface area contributed by atoms with Gasteiger partial charge in [-0.25, -0.2) is 0 Å². The van der Waals surface area contributed by atoms with Gasteiger partial charge >= 0.3 is 0 Å². The van der Waals surface area contributed by atoms with Gasteiger partial charge in [0.2, 0.25) is 5.91 Å². The highest BCUT2D eigenvalue weighted by atomic mass is 35.5. The number of nitrogens with zero attached hydrogens (tertiary/aromatic N) is 1. The monoisotopic (exact) mass is 411 g/mol. The standard InChI is InChI=1S/C19H19Cl2NO3S/c1-4-9-22(12-14-6-7-17(21)26-14)18(23)8-5-13-10-15(20)19(25-3)16(11-13)24-2/h4-8,10-11H,1,9,12H2,2-3H3/b8-5+. The number of methoxy groups -OCH3 is 2. The Hall–Kier alpha value is -1.95. The minimum atomic E-state index is -0.139. The van der Waals surface area contributed by atoms with Crippen molar-refractivity contribution in [2.45, 2.75) is 6.54 Å². The summed E-state index contributed by atoms with van der Waals surface area (Å²) in [5.74, 6) is 0.823.